The fourth-order valence-electron chi connectivity index (χ4n) is 1.43. The number of hydroxylamine groups is 1. The molecule has 0 saturated heterocycles. The molecule has 19 heavy (non-hydrogen) atoms. The molecule has 0 atom stereocenters. The maximum Gasteiger partial charge on any atom is 0.404 e. The molecule has 1 aromatic carbocycles. The standard InChI is InChI=1S/C13H18N2O4/c16-12(8-4-5-9-14-13(17)18)15-19-10-11-6-2-1-3-7-11/h1-3,6-7,14H,4-5,8-10H2,(H,15,16)(H,17,18). The predicted octanol–water partition coefficient (Wildman–Crippen LogP) is 1.67. The molecule has 6 nitrogen and oxygen atoms in total. The van der Waals surface area contributed by atoms with E-state index in [1.165, 1.54) is 0 Å². The van der Waals surface area contributed by atoms with E-state index in [-0.39, 0.29) is 5.91 Å². The van der Waals surface area contributed by atoms with E-state index < -0.39 is 6.09 Å². The number of unbranched alkanes of at least 4 members (excludes halogenated alkanes) is 1. The number of carboxylic acid groups (broad SMARTS) is 1. The van der Waals surface area contributed by atoms with Gasteiger partial charge in [0.25, 0.3) is 0 Å². The smallest absolute Gasteiger partial charge is 0.404 e. The second kappa shape index (κ2) is 8.93. The third-order valence-electron chi connectivity index (χ3n) is 2.37. The fourth-order valence-corrected chi connectivity index (χ4v) is 1.43. The topological polar surface area (TPSA) is 87.7 Å². The Hall–Kier alpha value is -2.08. The van der Waals surface area contributed by atoms with E-state index in [1.807, 2.05) is 30.3 Å². The van der Waals surface area contributed by atoms with Crippen LogP contribution in [-0.4, -0.2) is 23.7 Å². The average molecular weight is 266 g/mol. The maximum atomic E-state index is 11.4. The summed E-state index contributed by atoms with van der Waals surface area (Å²) in [6, 6.07) is 9.52. The van der Waals surface area contributed by atoms with Crippen molar-refractivity contribution in [3.05, 3.63) is 35.9 Å². The molecule has 3 N–H and O–H groups in total. The molecular formula is C13H18N2O4. The number of amides is 2. The monoisotopic (exact) mass is 266 g/mol. The summed E-state index contributed by atoms with van der Waals surface area (Å²) in [5.74, 6) is -0.203. The molecule has 0 aromatic heterocycles. The third-order valence-corrected chi connectivity index (χ3v) is 2.37. The summed E-state index contributed by atoms with van der Waals surface area (Å²) in [7, 11) is 0. The third kappa shape index (κ3) is 7.77. The maximum absolute atomic E-state index is 11.4. The molecule has 0 saturated carbocycles. The highest BCUT2D eigenvalue weighted by Gasteiger charge is 2.01. The SMILES string of the molecule is O=C(O)NCCCCC(=O)NOCc1ccccc1. The van der Waals surface area contributed by atoms with Gasteiger partial charge in [0.2, 0.25) is 5.91 Å². The van der Waals surface area contributed by atoms with Crippen LogP contribution in [0.1, 0.15) is 24.8 Å². The first-order chi connectivity index (χ1) is 9.18. The van der Waals surface area contributed by atoms with Gasteiger partial charge in [0.05, 0.1) is 6.61 Å². The van der Waals surface area contributed by atoms with E-state index in [0.29, 0.717) is 32.4 Å². The predicted molar refractivity (Wildman–Crippen MR) is 69.3 cm³/mol. The quantitative estimate of drug-likeness (QED) is 0.493. The van der Waals surface area contributed by atoms with Gasteiger partial charge in [0, 0.05) is 13.0 Å². The summed E-state index contributed by atoms with van der Waals surface area (Å²) in [4.78, 5) is 26.6. The second-order valence-corrected chi connectivity index (χ2v) is 3.99. The number of nitrogens with one attached hydrogen (secondary N) is 2. The number of rotatable bonds is 8. The number of hydrogen-bond acceptors (Lipinski definition) is 3. The van der Waals surface area contributed by atoms with Crippen LogP contribution in [0.2, 0.25) is 0 Å². The number of hydrogen-bond donors (Lipinski definition) is 3. The average Bonchev–Trinajstić information content (AvgIpc) is 2.39. The van der Waals surface area contributed by atoms with Gasteiger partial charge in [0.15, 0.2) is 0 Å². The van der Waals surface area contributed by atoms with Crippen LogP contribution in [0.4, 0.5) is 4.79 Å². The van der Waals surface area contributed by atoms with Crippen molar-refractivity contribution in [2.45, 2.75) is 25.9 Å². The summed E-state index contributed by atoms with van der Waals surface area (Å²) in [6.07, 6.45) is 0.505. The Morgan fingerprint density at radius 1 is 1.16 bits per heavy atom. The van der Waals surface area contributed by atoms with Gasteiger partial charge in [-0.25, -0.2) is 10.3 Å². The van der Waals surface area contributed by atoms with E-state index in [1.54, 1.807) is 0 Å². The Morgan fingerprint density at radius 3 is 2.58 bits per heavy atom. The first kappa shape index (κ1) is 15.0. The minimum Gasteiger partial charge on any atom is -0.465 e. The van der Waals surface area contributed by atoms with Crippen molar-refractivity contribution in [3.8, 4) is 0 Å². The van der Waals surface area contributed by atoms with Crippen molar-refractivity contribution < 1.29 is 19.5 Å². The molecule has 0 aliphatic heterocycles. The van der Waals surface area contributed by atoms with Gasteiger partial charge < -0.3 is 10.4 Å². The fraction of sp³-hybridized carbons (Fsp3) is 0.385. The summed E-state index contributed by atoms with van der Waals surface area (Å²) < 4.78 is 0. The van der Waals surface area contributed by atoms with E-state index >= 15 is 0 Å². The van der Waals surface area contributed by atoms with Crippen LogP contribution in [0.25, 0.3) is 0 Å². The number of benzene rings is 1. The summed E-state index contributed by atoms with van der Waals surface area (Å²) in [5, 5.41) is 10.6. The number of carbonyl (C=O) groups is 2. The van der Waals surface area contributed by atoms with Crippen molar-refractivity contribution in [1.82, 2.24) is 10.8 Å². The zero-order chi connectivity index (χ0) is 13.9. The van der Waals surface area contributed by atoms with E-state index in [9.17, 15) is 9.59 Å². The van der Waals surface area contributed by atoms with E-state index in [0.717, 1.165) is 5.56 Å². The molecule has 0 unspecified atom stereocenters. The number of carbonyl (C=O) groups excluding carboxylic acids is 1. The van der Waals surface area contributed by atoms with Crippen molar-refractivity contribution >= 4 is 12.0 Å². The molecule has 0 aliphatic rings. The zero-order valence-corrected chi connectivity index (χ0v) is 10.6. The van der Waals surface area contributed by atoms with Crippen LogP contribution in [-0.2, 0) is 16.2 Å². The molecule has 104 valence electrons. The van der Waals surface area contributed by atoms with Gasteiger partial charge in [-0.15, -0.1) is 0 Å². The van der Waals surface area contributed by atoms with Crippen molar-refractivity contribution in [1.29, 1.82) is 0 Å². The second-order valence-electron chi connectivity index (χ2n) is 3.99. The highest BCUT2D eigenvalue weighted by molar-refractivity contribution is 5.74. The summed E-state index contributed by atoms with van der Waals surface area (Å²) >= 11 is 0. The van der Waals surface area contributed by atoms with Crippen molar-refractivity contribution in [3.63, 3.8) is 0 Å². The molecular weight excluding hydrogens is 248 g/mol. The minimum absolute atomic E-state index is 0.203. The lowest BCUT2D eigenvalue weighted by Gasteiger charge is -2.06. The molecule has 0 aliphatic carbocycles. The van der Waals surface area contributed by atoms with E-state index in [2.05, 4.69) is 10.8 Å². The van der Waals surface area contributed by atoms with Gasteiger partial charge in [-0.05, 0) is 18.4 Å². The summed E-state index contributed by atoms with van der Waals surface area (Å²) in [6.45, 7) is 0.681. The van der Waals surface area contributed by atoms with Gasteiger partial charge in [-0.3, -0.25) is 9.63 Å². The lowest BCUT2D eigenvalue weighted by atomic mass is 10.2. The van der Waals surface area contributed by atoms with Gasteiger partial charge in [-0.1, -0.05) is 30.3 Å². The van der Waals surface area contributed by atoms with Gasteiger partial charge in [0.1, 0.15) is 0 Å². The molecule has 6 heteroatoms. The lowest BCUT2D eigenvalue weighted by Crippen LogP contribution is -2.24. The van der Waals surface area contributed by atoms with Crippen molar-refractivity contribution in [2.75, 3.05) is 6.54 Å². The molecule has 0 bridgehead atoms. The lowest BCUT2D eigenvalue weighted by molar-refractivity contribution is -0.134. The first-order valence-corrected chi connectivity index (χ1v) is 6.10. The molecule has 1 rings (SSSR count). The molecule has 1 aromatic rings. The highest BCUT2D eigenvalue weighted by atomic mass is 16.6. The Morgan fingerprint density at radius 2 is 1.89 bits per heavy atom. The van der Waals surface area contributed by atoms with Crippen LogP contribution in [0.5, 0.6) is 0 Å². The van der Waals surface area contributed by atoms with E-state index in [4.69, 9.17) is 9.94 Å². The Bertz CT molecular complexity index is 395. The van der Waals surface area contributed by atoms with Crippen LogP contribution < -0.4 is 10.8 Å². The molecule has 0 radical (unpaired) electrons. The Kier molecular flexibility index (Phi) is 7.04. The largest absolute Gasteiger partial charge is 0.465 e. The van der Waals surface area contributed by atoms with Crippen LogP contribution in [0.3, 0.4) is 0 Å². The highest BCUT2D eigenvalue weighted by Crippen LogP contribution is 1.99. The van der Waals surface area contributed by atoms with Crippen molar-refractivity contribution in [2.24, 2.45) is 0 Å². The van der Waals surface area contributed by atoms with Gasteiger partial charge in [-0.2, -0.15) is 0 Å². The van der Waals surface area contributed by atoms with Gasteiger partial charge >= 0.3 is 6.09 Å². The van der Waals surface area contributed by atoms with Crippen LogP contribution in [0.15, 0.2) is 30.3 Å². The molecule has 0 spiro atoms. The van der Waals surface area contributed by atoms with Crippen LogP contribution in [0, 0.1) is 0 Å². The Labute approximate surface area is 111 Å². The minimum atomic E-state index is -1.05. The zero-order valence-electron chi connectivity index (χ0n) is 10.6. The molecule has 0 fully saturated rings. The summed E-state index contributed by atoms with van der Waals surface area (Å²) in [5.41, 5.74) is 3.34. The first-order valence-electron chi connectivity index (χ1n) is 6.10. The normalized spacial score (nSPS) is 9.89. The Balaban J connectivity index is 2.01. The van der Waals surface area contributed by atoms with Crippen LogP contribution >= 0.6 is 0 Å². The molecule has 2 amide bonds. The molecule has 0 heterocycles.